The summed E-state index contributed by atoms with van der Waals surface area (Å²) in [5.74, 6) is -2.16. The number of nitrogens with two attached hydrogens (primary N) is 1. The summed E-state index contributed by atoms with van der Waals surface area (Å²) in [5.41, 5.74) is 6.69. The zero-order valence-electron chi connectivity index (χ0n) is 19.2. The minimum absolute atomic E-state index is 0.0279. The molecule has 0 radical (unpaired) electrons. The van der Waals surface area contributed by atoms with Crippen molar-refractivity contribution in [3.05, 3.63) is 52.8 Å². The number of hydrogen-bond acceptors (Lipinski definition) is 10. The van der Waals surface area contributed by atoms with Crippen LogP contribution in [0.5, 0.6) is 0 Å². The lowest BCUT2D eigenvalue weighted by atomic mass is 10.0. The second kappa shape index (κ2) is 9.99. The monoisotopic (exact) mass is 563 g/mol. The predicted molar refractivity (Wildman–Crippen MR) is 135 cm³/mol. The lowest BCUT2D eigenvalue weighted by molar-refractivity contribution is -0.662. The number of halogens is 1. The summed E-state index contributed by atoms with van der Waals surface area (Å²) in [7, 11) is 0. The van der Waals surface area contributed by atoms with E-state index >= 15 is 0 Å². The summed E-state index contributed by atoms with van der Waals surface area (Å²) in [6, 6.07) is 2.62. The number of thioether (sulfide) groups is 1. The Hall–Kier alpha value is -3.69. The van der Waals surface area contributed by atoms with E-state index in [1.165, 1.54) is 16.7 Å². The lowest BCUT2D eigenvalue weighted by Crippen LogP contribution is -2.71. The topological polar surface area (TPSA) is 168 Å². The maximum atomic E-state index is 13.1. The Morgan fingerprint density at radius 2 is 2.24 bits per heavy atom. The highest BCUT2D eigenvalue weighted by molar-refractivity contribution is 8.00. The number of anilines is 1. The van der Waals surface area contributed by atoms with Crippen molar-refractivity contribution < 1.29 is 28.9 Å². The maximum absolute atomic E-state index is 13.1. The first kappa shape index (κ1) is 25.0. The van der Waals surface area contributed by atoms with Gasteiger partial charge in [0.1, 0.15) is 48.9 Å². The van der Waals surface area contributed by atoms with Gasteiger partial charge in [0.05, 0.1) is 5.02 Å². The number of carbonyl (C=O) groups excluding carboxylic acids is 2. The molecule has 5 rings (SSSR count). The highest BCUT2D eigenvalue weighted by Crippen LogP contribution is 2.40. The molecule has 0 aromatic carbocycles. The normalized spacial score (nSPS) is 19.6. The van der Waals surface area contributed by atoms with E-state index in [2.05, 4.69) is 19.8 Å². The van der Waals surface area contributed by atoms with Gasteiger partial charge in [-0.05, 0) is 13.0 Å². The number of fused-ring (bicyclic) bond motifs is 2. The molecule has 2 aliphatic rings. The minimum atomic E-state index is -1.22. The van der Waals surface area contributed by atoms with Crippen molar-refractivity contribution in [2.75, 3.05) is 18.1 Å². The van der Waals surface area contributed by atoms with E-state index < -0.39 is 29.2 Å². The van der Waals surface area contributed by atoms with Crippen molar-refractivity contribution in [3.8, 4) is 0 Å². The van der Waals surface area contributed by atoms with Crippen molar-refractivity contribution in [3.63, 3.8) is 0 Å². The number of β-lactam (4-membered cyclic amide) rings is 1. The molecule has 2 aliphatic heterocycles. The molecule has 0 unspecified atom stereocenters. The number of amides is 2. The fraction of sp³-hybridized carbons (Fsp3) is 0.286. The van der Waals surface area contributed by atoms with Crippen molar-refractivity contribution in [2.45, 2.75) is 24.9 Å². The number of aliphatic carboxylic acids is 1. The predicted octanol–water partition coefficient (Wildman–Crippen LogP) is 0.493. The third-order valence-corrected chi connectivity index (χ3v) is 7.78. The Bertz CT molecular complexity index is 1480. The van der Waals surface area contributed by atoms with Crippen molar-refractivity contribution >= 4 is 69.2 Å². The molecule has 2 amide bonds. The molecule has 0 bridgehead atoms. The van der Waals surface area contributed by atoms with Gasteiger partial charge in [-0.15, -0.1) is 11.8 Å². The number of aromatic nitrogens is 4. The van der Waals surface area contributed by atoms with Gasteiger partial charge in [0.25, 0.3) is 17.5 Å². The number of pyridine rings is 1. The van der Waals surface area contributed by atoms with Crippen LogP contribution >= 0.6 is 34.9 Å². The molecule has 1 saturated heterocycles. The molecule has 5 heterocycles. The lowest BCUT2D eigenvalue weighted by Gasteiger charge is -2.49. The van der Waals surface area contributed by atoms with Gasteiger partial charge in [0.2, 0.25) is 11.5 Å². The first-order valence-electron chi connectivity index (χ1n) is 10.9. The van der Waals surface area contributed by atoms with Gasteiger partial charge in [-0.3, -0.25) is 14.5 Å². The van der Waals surface area contributed by atoms with E-state index in [-0.39, 0.29) is 35.5 Å². The van der Waals surface area contributed by atoms with Crippen LogP contribution in [0.15, 0.2) is 47.1 Å². The Morgan fingerprint density at radius 3 is 2.95 bits per heavy atom. The van der Waals surface area contributed by atoms with E-state index in [0.717, 1.165) is 17.2 Å². The van der Waals surface area contributed by atoms with Crippen molar-refractivity contribution in [1.82, 2.24) is 24.0 Å². The number of nitrogen functional groups attached to an aromatic ring is 1. The third-order valence-electron chi connectivity index (χ3n) is 5.67. The quantitative estimate of drug-likeness (QED) is 0.153. The zero-order valence-corrected chi connectivity index (χ0v) is 21.6. The van der Waals surface area contributed by atoms with E-state index in [9.17, 15) is 19.5 Å². The summed E-state index contributed by atoms with van der Waals surface area (Å²) in [5, 5.41) is 16.5. The number of carbonyl (C=O) groups is 3. The van der Waals surface area contributed by atoms with Gasteiger partial charge >= 0.3 is 5.97 Å². The first-order chi connectivity index (χ1) is 17.8. The highest BCUT2D eigenvalue weighted by Gasteiger charge is 2.54. The van der Waals surface area contributed by atoms with E-state index in [4.69, 9.17) is 22.2 Å². The van der Waals surface area contributed by atoms with E-state index in [0.29, 0.717) is 16.3 Å². The Kier molecular flexibility index (Phi) is 6.74. The molecule has 16 heteroatoms. The van der Waals surface area contributed by atoms with Crippen LogP contribution in [0.3, 0.4) is 0 Å². The number of nitrogens with zero attached hydrogens (tertiary/aromatic N) is 6. The number of hydrogen-bond donors (Lipinski definition) is 3. The van der Waals surface area contributed by atoms with Crippen molar-refractivity contribution in [1.29, 1.82) is 0 Å². The van der Waals surface area contributed by atoms with Gasteiger partial charge < -0.3 is 21.0 Å². The van der Waals surface area contributed by atoms with Crippen molar-refractivity contribution in [2.24, 2.45) is 5.16 Å². The number of rotatable bonds is 8. The molecule has 4 N–H and O–H groups in total. The summed E-state index contributed by atoms with van der Waals surface area (Å²) in [6.07, 6.45) is 5.37. The Morgan fingerprint density at radius 1 is 1.43 bits per heavy atom. The van der Waals surface area contributed by atoms with Gasteiger partial charge in [0.15, 0.2) is 5.13 Å². The molecule has 3 aromatic rings. The highest BCUT2D eigenvalue weighted by atomic mass is 35.5. The maximum Gasteiger partial charge on any atom is 0.352 e. The number of nitrogens with one attached hydrogen (secondary N) is 1. The van der Waals surface area contributed by atoms with E-state index in [1.54, 1.807) is 19.2 Å². The Labute approximate surface area is 222 Å². The number of carboxylic acid groups (broad SMARTS) is 1. The second-order valence-electron chi connectivity index (χ2n) is 7.97. The second-order valence-corrected chi connectivity index (χ2v) is 10.3. The third kappa shape index (κ3) is 4.60. The average molecular weight is 564 g/mol. The number of carboxylic acids is 1. The molecule has 0 spiro atoms. The minimum Gasteiger partial charge on any atom is -0.477 e. The fourth-order valence-corrected chi connectivity index (χ4v) is 6.01. The van der Waals surface area contributed by atoms with Gasteiger partial charge in [0, 0.05) is 28.9 Å². The van der Waals surface area contributed by atoms with Crippen LogP contribution in [0.25, 0.3) is 5.65 Å². The zero-order chi connectivity index (χ0) is 26.3. The van der Waals surface area contributed by atoms with Crippen LogP contribution in [0, 0.1) is 0 Å². The van der Waals surface area contributed by atoms with Crippen LogP contribution in [0.4, 0.5) is 5.13 Å². The molecular formula is C21H20ClN8O5S2+. The molecule has 37 heavy (non-hydrogen) atoms. The molecule has 0 saturated carbocycles. The molecule has 2 atom stereocenters. The van der Waals surface area contributed by atoms with E-state index in [1.807, 2.05) is 27.4 Å². The summed E-state index contributed by atoms with van der Waals surface area (Å²) >= 11 is 8.30. The van der Waals surface area contributed by atoms with Gasteiger partial charge in [-0.2, -0.15) is 9.36 Å². The summed E-state index contributed by atoms with van der Waals surface area (Å²) in [6.45, 7) is 2.15. The summed E-state index contributed by atoms with van der Waals surface area (Å²) < 4.78 is 7.69. The van der Waals surface area contributed by atoms with Crippen LogP contribution in [0.1, 0.15) is 12.7 Å². The fourth-order valence-electron chi connectivity index (χ4n) is 4.07. The standard InChI is InChI=1S/C21H19ClN8O5S2/c1-2-35-26-13(16-25-21(23)37-27-16)17(31)24-14-18(32)30-15(20(33)34)10(9-36-19(14)30)7-28-5-6-29-8-11(22)3-4-12(28)29/h3-6,8,14,19H,2,7,9H2,1H3,(H3-,23,24,25,27,31,33,34)/p+1/b26-13-/t14-,19+/m1/s1. The largest absolute Gasteiger partial charge is 0.477 e. The molecule has 3 aromatic heterocycles. The van der Waals surface area contributed by atoms with Gasteiger partial charge in [-0.1, -0.05) is 16.8 Å². The summed E-state index contributed by atoms with van der Waals surface area (Å²) in [4.78, 5) is 48.5. The van der Waals surface area contributed by atoms with Crippen LogP contribution in [-0.4, -0.2) is 71.0 Å². The van der Waals surface area contributed by atoms with Crippen LogP contribution < -0.4 is 15.6 Å². The molecular weight excluding hydrogens is 544 g/mol. The first-order valence-corrected chi connectivity index (χ1v) is 13.1. The molecule has 1 fully saturated rings. The van der Waals surface area contributed by atoms with Crippen LogP contribution in [0.2, 0.25) is 5.02 Å². The van der Waals surface area contributed by atoms with Crippen LogP contribution in [-0.2, 0) is 25.8 Å². The SMILES string of the molecule is CCO/N=C(\C(=O)N[C@@H]1C(=O)N2C(C(=O)O)=C(C[n+]3ccn4cc(Cl)ccc43)CS[C@@H]12)c1nsc(N)n1. The molecule has 0 aliphatic carbocycles. The Balaban J connectivity index is 1.37. The molecule has 13 nitrogen and oxygen atoms in total. The molecule has 192 valence electrons. The smallest absolute Gasteiger partial charge is 0.352 e. The van der Waals surface area contributed by atoms with Gasteiger partial charge in [-0.25, -0.2) is 13.8 Å². The number of oxime groups is 1. The number of imidazole rings is 1. The average Bonchev–Trinajstić information content (AvgIpc) is 3.47.